The van der Waals surface area contributed by atoms with Crippen LogP contribution in [0.1, 0.15) is 16.7 Å². The second-order valence-corrected chi connectivity index (χ2v) is 7.61. The van der Waals surface area contributed by atoms with Gasteiger partial charge in [-0.05, 0) is 23.3 Å². The second-order valence-electron chi connectivity index (χ2n) is 7.61. The SMILES string of the molecule is O=C1C(Cc2ccc(F)cc2)N=C2C(Cc3ccccc3)=NC(c3ccccc3)=CN12. The van der Waals surface area contributed by atoms with Crippen molar-refractivity contribution in [1.82, 2.24) is 4.90 Å². The number of rotatable bonds is 5. The van der Waals surface area contributed by atoms with Crippen molar-refractivity contribution in [3.63, 3.8) is 0 Å². The summed E-state index contributed by atoms with van der Waals surface area (Å²) in [7, 11) is 0. The van der Waals surface area contributed by atoms with E-state index in [1.165, 1.54) is 12.1 Å². The summed E-state index contributed by atoms with van der Waals surface area (Å²) < 4.78 is 13.3. The van der Waals surface area contributed by atoms with Gasteiger partial charge >= 0.3 is 0 Å². The van der Waals surface area contributed by atoms with Crippen molar-refractivity contribution >= 4 is 23.2 Å². The first-order valence-electron chi connectivity index (χ1n) is 10.2. The van der Waals surface area contributed by atoms with Gasteiger partial charge in [0.05, 0.1) is 11.4 Å². The van der Waals surface area contributed by atoms with Crippen molar-refractivity contribution in [2.24, 2.45) is 9.98 Å². The van der Waals surface area contributed by atoms with Gasteiger partial charge in [0.1, 0.15) is 11.9 Å². The molecule has 31 heavy (non-hydrogen) atoms. The summed E-state index contributed by atoms with van der Waals surface area (Å²) in [6.07, 6.45) is 2.78. The fourth-order valence-electron chi connectivity index (χ4n) is 3.85. The van der Waals surface area contributed by atoms with Crippen LogP contribution in [0.15, 0.2) is 101 Å². The molecular weight excluding hydrogens is 389 g/mol. The fourth-order valence-corrected chi connectivity index (χ4v) is 3.85. The summed E-state index contributed by atoms with van der Waals surface area (Å²) >= 11 is 0. The summed E-state index contributed by atoms with van der Waals surface area (Å²) in [5.41, 5.74) is 4.43. The summed E-state index contributed by atoms with van der Waals surface area (Å²) in [5.74, 6) is 0.215. The standard InChI is InChI=1S/C26H20FN3O/c27-21-13-11-19(12-14-21)16-23-26(31)30-17-24(20-9-5-2-6-10-20)28-22(25(30)29-23)15-18-7-3-1-4-8-18/h1-14,17,23H,15-16H2. The van der Waals surface area contributed by atoms with E-state index in [9.17, 15) is 9.18 Å². The van der Waals surface area contributed by atoms with Crippen LogP contribution in [-0.4, -0.2) is 28.4 Å². The number of hydrogen-bond donors (Lipinski definition) is 0. The minimum atomic E-state index is -0.548. The number of halogens is 1. The molecule has 3 aromatic carbocycles. The van der Waals surface area contributed by atoms with Crippen molar-refractivity contribution in [2.75, 3.05) is 0 Å². The van der Waals surface area contributed by atoms with Crippen LogP contribution in [0.5, 0.6) is 0 Å². The normalized spacial score (nSPS) is 17.7. The molecule has 2 heterocycles. The molecule has 0 radical (unpaired) electrons. The van der Waals surface area contributed by atoms with E-state index in [2.05, 4.69) is 0 Å². The van der Waals surface area contributed by atoms with Crippen molar-refractivity contribution in [3.05, 3.63) is 114 Å². The molecule has 5 heteroatoms. The van der Waals surface area contributed by atoms with Crippen LogP contribution < -0.4 is 0 Å². The molecular formula is C26H20FN3O. The lowest BCUT2D eigenvalue weighted by molar-refractivity contribution is -0.125. The summed E-state index contributed by atoms with van der Waals surface area (Å²) in [4.78, 5) is 24.5. The Morgan fingerprint density at radius 3 is 2.23 bits per heavy atom. The number of amides is 1. The van der Waals surface area contributed by atoms with E-state index in [1.54, 1.807) is 23.2 Å². The Morgan fingerprint density at radius 1 is 0.839 bits per heavy atom. The van der Waals surface area contributed by atoms with Crippen molar-refractivity contribution in [3.8, 4) is 0 Å². The zero-order chi connectivity index (χ0) is 21.2. The number of benzene rings is 3. The van der Waals surface area contributed by atoms with E-state index in [4.69, 9.17) is 9.98 Å². The predicted octanol–water partition coefficient (Wildman–Crippen LogP) is 4.67. The lowest BCUT2D eigenvalue weighted by atomic mass is 10.0. The predicted molar refractivity (Wildman–Crippen MR) is 120 cm³/mol. The topological polar surface area (TPSA) is 45.0 Å². The van der Waals surface area contributed by atoms with Gasteiger partial charge in [-0.25, -0.2) is 9.38 Å². The maximum atomic E-state index is 13.3. The average molecular weight is 409 g/mol. The second kappa shape index (κ2) is 8.11. The highest BCUT2D eigenvalue weighted by Crippen LogP contribution is 2.27. The van der Waals surface area contributed by atoms with Gasteiger partial charge < -0.3 is 0 Å². The number of carbonyl (C=O) groups excluding carboxylic acids is 1. The van der Waals surface area contributed by atoms with Gasteiger partial charge in [-0.1, -0.05) is 72.8 Å². The lowest BCUT2D eigenvalue weighted by Crippen LogP contribution is -2.38. The van der Waals surface area contributed by atoms with Gasteiger partial charge in [0.15, 0.2) is 5.84 Å². The first-order chi connectivity index (χ1) is 15.2. The van der Waals surface area contributed by atoms with Crippen LogP contribution in [0.2, 0.25) is 0 Å². The van der Waals surface area contributed by atoms with Gasteiger partial charge in [-0.3, -0.25) is 14.7 Å². The number of amidine groups is 1. The third kappa shape index (κ3) is 3.94. The molecule has 5 rings (SSSR count). The molecule has 0 saturated heterocycles. The summed E-state index contributed by atoms with van der Waals surface area (Å²) in [5, 5.41) is 0. The highest BCUT2D eigenvalue weighted by molar-refractivity contribution is 6.47. The third-order valence-corrected chi connectivity index (χ3v) is 5.42. The summed E-state index contributed by atoms with van der Waals surface area (Å²) in [6, 6.07) is 25.5. The van der Waals surface area contributed by atoms with Gasteiger partial charge in [-0.2, -0.15) is 0 Å². The molecule has 0 N–H and O–H groups in total. The summed E-state index contributed by atoms with van der Waals surface area (Å²) in [6.45, 7) is 0. The van der Waals surface area contributed by atoms with Crippen LogP contribution in [-0.2, 0) is 17.6 Å². The van der Waals surface area contributed by atoms with E-state index >= 15 is 0 Å². The molecule has 0 aromatic heterocycles. The molecule has 2 aliphatic rings. The highest BCUT2D eigenvalue weighted by atomic mass is 19.1. The number of carbonyl (C=O) groups is 1. The van der Waals surface area contributed by atoms with Crippen molar-refractivity contribution < 1.29 is 9.18 Å². The Kier molecular flexibility index (Phi) is 5.00. The smallest absolute Gasteiger partial charge is 0.257 e. The van der Waals surface area contributed by atoms with Crippen LogP contribution in [0.4, 0.5) is 4.39 Å². The Balaban J connectivity index is 1.50. The molecule has 4 nitrogen and oxygen atoms in total. The lowest BCUT2D eigenvalue weighted by Gasteiger charge is -2.22. The molecule has 1 atom stereocenters. The van der Waals surface area contributed by atoms with Gasteiger partial charge in [-0.15, -0.1) is 0 Å². The van der Waals surface area contributed by atoms with Gasteiger partial charge in [0, 0.05) is 24.6 Å². The van der Waals surface area contributed by atoms with Gasteiger partial charge in [0.25, 0.3) is 5.91 Å². The molecule has 0 aliphatic carbocycles. The average Bonchev–Trinajstić information content (AvgIpc) is 3.12. The first-order valence-corrected chi connectivity index (χ1v) is 10.2. The molecule has 0 spiro atoms. The zero-order valence-electron chi connectivity index (χ0n) is 16.8. The Bertz CT molecular complexity index is 1200. The van der Waals surface area contributed by atoms with E-state index in [0.717, 1.165) is 28.1 Å². The fraction of sp³-hybridized carbons (Fsp3) is 0.115. The molecule has 2 aliphatic heterocycles. The number of fused-ring (bicyclic) bond motifs is 1. The third-order valence-electron chi connectivity index (χ3n) is 5.42. The Hall–Kier alpha value is -3.86. The zero-order valence-corrected chi connectivity index (χ0v) is 16.8. The molecule has 0 fully saturated rings. The number of nitrogens with zero attached hydrogens (tertiary/aromatic N) is 3. The number of aliphatic imine (C=N–C) groups is 2. The Labute approximate surface area is 180 Å². The molecule has 0 bridgehead atoms. The monoisotopic (exact) mass is 409 g/mol. The first kappa shape index (κ1) is 19.1. The van der Waals surface area contributed by atoms with Crippen molar-refractivity contribution in [2.45, 2.75) is 18.9 Å². The quantitative estimate of drug-likeness (QED) is 0.604. The van der Waals surface area contributed by atoms with E-state index in [1.807, 2.05) is 60.7 Å². The maximum Gasteiger partial charge on any atom is 0.257 e. The van der Waals surface area contributed by atoms with Crippen LogP contribution >= 0.6 is 0 Å². The number of hydrogen-bond acceptors (Lipinski definition) is 3. The van der Waals surface area contributed by atoms with Crippen LogP contribution in [0.3, 0.4) is 0 Å². The molecule has 152 valence electrons. The molecule has 1 amide bonds. The molecule has 3 aromatic rings. The van der Waals surface area contributed by atoms with E-state index in [0.29, 0.717) is 18.7 Å². The van der Waals surface area contributed by atoms with Crippen LogP contribution in [0.25, 0.3) is 5.70 Å². The van der Waals surface area contributed by atoms with E-state index in [-0.39, 0.29) is 11.7 Å². The van der Waals surface area contributed by atoms with Crippen LogP contribution in [0, 0.1) is 5.82 Å². The Morgan fingerprint density at radius 2 is 1.52 bits per heavy atom. The maximum absolute atomic E-state index is 13.3. The molecule has 0 saturated carbocycles. The van der Waals surface area contributed by atoms with E-state index < -0.39 is 6.04 Å². The van der Waals surface area contributed by atoms with Gasteiger partial charge in [0.2, 0.25) is 0 Å². The minimum Gasteiger partial charge on any atom is -0.272 e. The molecule has 1 unspecified atom stereocenters. The highest BCUT2D eigenvalue weighted by Gasteiger charge is 2.38. The van der Waals surface area contributed by atoms with Crippen molar-refractivity contribution in [1.29, 1.82) is 0 Å². The minimum absolute atomic E-state index is 0.0896. The largest absolute Gasteiger partial charge is 0.272 e.